The van der Waals surface area contributed by atoms with Gasteiger partial charge in [-0.05, 0) is 48.7 Å². The van der Waals surface area contributed by atoms with E-state index in [2.05, 4.69) is 0 Å². The van der Waals surface area contributed by atoms with Gasteiger partial charge in [0.2, 0.25) is 5.91 Å². The number of amides is 4. The molecule has 2 fully saturated rings. The van der Waals surface area contributed by atoms with Crippen LogP contribution in [0.4, 0.5) is 46.0 Å². The molecule has 234 valence electrons. The standard InChI is InChI=1S/C28H29F7N4O4/c1-36(21-11-17(27(30,31)32)10-18(12-21)28(33,34)35)25(41)38(3)23-14-39(13-22(23)15-4-6-19(29)7-5-15)24(40)16-8-20(9-16)37(2)26(42)43/h4-7,10-12,16,20,22-23H,8-9,13-14H2,1-3H3,(H,42,43)/t16-,20-,22-,23+/m0/s1. The van der Waals surface area contributed by atoms with Crippen molar-refractivity contribution in [2.45, 2.75) is 43.2 Å². The molecule has 1 N–H and O–H groups in total. The summed E-state index contributed by atoms with van der Waals surface area (Å²) in [6.45, 7) is 0.0947. The Kier molecular flexibility index (Phi) is 8.58. The van der Waals surface area contributed by atoms with Crippen molar-refractivity contribution in [3.05, 3.63) is 65.0 Å². The molecule has 1 saturated carbocycles. The largest absolute Gasteiger partial charge is 0.465 e. The third-order valence-corrected chi connectivity index (χ3v) is 8.26. The van der Waals surface area contributed by atoms with E-state index in [-0.39, 0.29) is 31.1 Å². The molecule has 1 aliphatic heterocycles. The second-order valence-electron chi connectivity index (χ2n) is 10.9. The van der Waals surface area contributed by atoms with Gasteiger partial charge < -0.3 is 19.8 Å². The number of benzene rings is 2. The van der Waals surface area contributed by atoms with Gasteiger partial charge in [-0.25, -0.2) is 14.0 Å². The Labute approximate surface area is 242 Å². The molecule has 0 bridgehead atoms. The van der Waals surface area contributed by atoms with Crippen molar-refractivity contribution in [3.8, 4) is 0 Å². The van der Waals surface area contributed by atoms with Crippen LogP contribution < -0.4 is 4.90 Å². The minimum Gasteiger partial charge on any atom is -0.465 e. The van der Waals surface area contributed by atoms with Crippen molar-refractivity contribution in [2.24, 2.45) is 5.92 Å². The molecular weight excluding hydrogens is 589 g/mol. The fourth-order valence-electron chi connectivity index (χ4n) is 5.54. The predicted octanol–water partition coefficient (Wildman–Crippen LogP) is 5.73. The Morgan fingerprint density at radius 1 is 0.837 bits per heavy atom. The van der Waals surface area contributed by atoms with Gasteiger partial charge in [-0.2, -0.15) is 26.3 Å². The number of halogens is 7. The maximum Gasteiger partial charge on any atom is 0.416 e. The molecule has 15 heteroatoms. The number of carbonyl (C=O) groups excluding carboxylic acids is 2. The molecule has 4 amide bonds. The van der Waals surface area contributed by atoms with Gasteiger partial charge in [0.15, 0.2) is 0 Å². The molecule has 4 rings (SSSR count). The monoisotopic (exact) mass is 618 g/mol. The quantitative estimate of drug-likeness (QED) is 0.434. The van der Waals surface area contributed by atoms with Crippen molar-refractivity contribution >= 4 is 23.7 Å². The first kappa shape index (κ1) is 31.9. The van der Waals surface area contributed by atoms with Crippen molar-refractivity contribution in [1.29, 1.82) is 0 Å². The lowest BCUT2D eigenvalue weighted by Gasteiger charge is -2.40. The Hall–Kier alpha value is -4.04. The molecule has 0 aromatic heterocycles. The predicted molar refractivity (Wildman–Crippen MR) is 140 cm³/mol. The number of anilines is 1. The van der Waals surface area contributed by atoms with E-state index in [1.54, 1.807) is 0 Å². The Balaban J connectivity index is 1.59. The van der Waals surface area contributed by atoms with E-state index in [0.29, 0.717) is 35.4 Å². The summed E-state index contributed by atoms with van der Waals surface area (Å²) in [5, 5.41) is 9.17. The van der Waals surface area contributed by atoms with Crippen LogP contribution in [0.2, 0.25) is 0 Å². The summed E-state index contributed by atoms with van der Waals surface area (Å²) < 4.78 is 94.2. The van der Waals surface area contributed by atoms with Crippen LogP contribution in [-0.2, 0) is 17.1 Å². The van der Waals surface area contributed by atoms with Crippen molar-refractivity contribution < 1.29 is 50.2 Å². The first-order chi connectivity index (χ1) is 19.9. The van der Waals surface area contributed by atoms with Gasteiger partial charge in [-0.15, -0.1) is 0 Å². The molecule has 2 aromatic rings. The van der Waals surface area contributed by atoms with E-state index in [9.17, 15) is 45.1 Å². The van der Waals surface area contributed by atoms with E-state index in [0.717, 1.165) is 16.8 Å². The number of nitrogens with zero attached hydrogens (tertiary/aromatic N) is 4. The minimum atomic E-state index is -5.11. The third-order valence-electron chi connectivity index (χ3n) is 8.26. The van der Waals surface area contributed by atoms with E-state index in [1.165, 1.54) is 43.3 Å². The molecule has 2 aliphatic rings. The summed E-state index contributed by atoms with van der Waals surface area (Å²) in [4.78, 5) is 42.5. The number of rotatable bonds is 5. The van der Waals surface area contributed by atoms with Gasteiger partial charge in [0.05, 0.1) is 17.2 Å². The fourth-order valence-corrected chi connectivity index (χ4v) is 5.54. The lowest BCUT2D eigenvalue weighted by atomic mass is 9.78. The summed E-state index contributed by atoms with van der Waals surface area (Å²) in [7, 11) is 3.78. The molecule has 1 aliphatic carbocycles. The van der Waals surface area contributed by atoms with Gasteiger partial charge in [0.25, 0.3) is 0 Å². The van der Waals surface area contributed by atoms with Gasteiger partial charge in [0.1, 0.15) is 5.82 Å². The topological polar surface area (TPSA) is 84.4 Å². The number of likely N-dealkylation sites (N-methyl/N-ethyl adjacent to an activating group) is 1. The molecule has 2 aromatic carbocycles. The van der Waals surface area contributed by atoms with E-state index >= 15 is 0 Å². The molecule has 0 unspecified atom stereocenters. The van der Waals surface area contributed by atoms with Crippen LogP contribution in [0.25, 0.3) is 0 Å². The number of carboxylic acid groups (broad SMARTS) is 1. The van der Waals surface area contributed by atoms with Crippen LogP contribution in [-0.4, -0.2) is 84.2 Å². The van der Waals surface area contributed by atoms with E-state index < -0.39 is 65.0 Å². The molecule has 2 atom stereocenters. The average Bonchev–Trinajstić information content (AvgIpc) is 3.35. The van der Waals surface area contributed by atoms with E-state index in [1.807, 2.05) is 0 Å². The van der Waals surface area contributed by atoms with E-state index in [4.69, 9.17) is 5.11 Å². The van der Waals surface area contributed by atoms with Crippen LogP contribution in [0.5, 0.6) is 0 Å². The Bertz CT molecular complexity index is 1340. The summed E-state index contributed by atoms with van der Waals surface area (Å²) in [6.07, 6.45) is -10.7. The molecular formula is C28H29F7N4O4. The molecule has 1 saturated heterocycles. The second kappa shape index (κ2) is 11.6. The summed E-state index contributed by atoms with van der Waals surface area (Å²) in [5.74, 6) is -1.82. The summed E-state index contributed by atoms with van der Waals surface area (Å²) >= 11 is 0. The Morgan fingerprint density at radius 2 is 1.37 bits per heavy atom. The molecule has 0 radical (unpaired) electrons. The van der Waals surface area contributed by atoms with Crippen LogP contribution in [0.15, 0.2) is 42.5 Å². The molecule has 8 nitrogen and oxygen atoms in total. The number of hydrogen-bond acceptors (Lipinski definition) is 3. The maximum absolute atomic E-state index is 13.7. The van der Waals surface area contributed by atoms with Crippen LogP contribution in [0.1, 0.15) is 35.4 Å². The number of likely N-dealkylation sites (tertiary alicyclic amines) is 1. The highest BCUT2D eigenvalue weighted by molar-refractivity contribution is 5.92. The minimum absolute atomic E-state index is 0.0106. The van der Waals surface area contributed by atoms with Gasteiger partial charge in [-0.3, -0.25) is 9.69 Å². The highest BCUT2D eigenvalue weighted by Crippen LogP contribution is 2.40. The Morgan fingerprint density at radius 3 is 1.86 bits per heavy atom. The zero-order valence-corrected chi connectivity index (χ0v) is 23.3. The zero-order valence-electron chi connectivity index (χ0n) is 23.3. The molecule has 1 heterocycles. The number of hydrogen-bond donors (Lipinski definition) is 1. The van der Waals surface area contributed by atoms with Gasteiger partial charge in [-0.1, -0.05) is 12.1 Å². The highest BCUT2D eigenvalue weighted by Gasteiger charge is 2.46. The number of urea groups is 1. The van der Waals surface area contributed by atoms with Crippen molar-refractivity contribution in [1.82, 2.24) is 14.7 Å². The van der Waals surface area contributed by atoms with Crippen molar-refractivity contribution in [2.75, 3.05) is 39.1 Å². The second-order valence-corrected chi connectivity index (χ2v) is 10.9. The number of carbonyl (C=O) groups is 3. The summed E-state index contributed by atoms with van der Waals surface area (Å²) in [6, 6.07) is 4.20. The molecule has 0 spiro atoms. The SMILES string of the molecule is CN(C(=O)N(C)[C@@H]1CN(C(=O)[C@H]2C[C@H](N(C)C(=O)O)C2)C[C@H]1c1ccc(F)cc1)c1cc(C(F)(F)F)cc(C(F)(F)F)c1. The van der Waals surface area contributed by atoms with Crippen LogP contribution >= 0.6 is 0 Å². The van der Waals surface area contributed by atoms with Crippen LogP contribution in [0, 0.1) is 11.7 Å². The lowest BCUT2D eigenvalue weighted by Crippen LogP contribution is -2.51. The van der Waals surface area contributed by atoms with Crippen molar-refractivity contribution in [3.63, 3.8) is 0 Å². The average molecular weight is 619 g/mol. The fraction of sp³-hybridized carbons (Fsp3) is 0.464. The third kappa shape index (κ3) is 6.64. The van der Waals surface area contributed by atoms with Crippen LogP contribution in [0.3, 0.4) is 0 Å². The maximum atomic E-state index is 13.7. The number of alkyl halides is 6. The zero-order chi connectivity index (χ0) is 32.0. The van der Waals surface area contributed by atoms with Gasteiger partial charge >= 0.3 is 24.5 Å². The first-order valence-electron chi connectivity index (χ1n) is 13.2. The molecule has 43 heavy (non-hydrogen) atoms. The summed E-state index contributed by atoms with van der Waals surface area (Å²) in [5.41, 5.74) is -3.21. The first-order valence-corrected chi connectivity index (χ1v) is 13.2. The smallest absolute Gasteiger partial charge is 0.416 e. The van der Waals surface area contributed by atoms with Gasteiger partial charge in [0, 0.05) is 57.8 Å². The highest BCUT2D eigenvalue weighted by atomic mass is 19.4. The normalized spacial score (nSPS) is 22.1. The lowest BCUT2D eigenvalue weighted by molar-refractivity contribution is -0.143.